The Labute approximate surface area is 124 Å². The Kier molecular flexibility index (Phi) is 4.82. The number of nitrogens with two attached hydrogens (primary N) is 1. The van der Waals surface area contributed by atoms with E-state index in [1.54, 1.807) is 43.3 Å². The summed E-state index contributed by atoms with van der Waals surface area (Å²) in [6.07, 6.45) is 0. The van der Waals surface area contributed by atoms with Gasteiger partial charge in [0.15, 0.2) is 0 Å². The first-order valence-corrected chi connectivity index (χ1v) is 8.01. The van der Waals surface area contributed by atoms with Crippen molar-refractivity contribution in [2.45, 2.75) is 11.8 Å². The second-order valence-corrected chi connectivity index (χ2v) is 6.28. The van der Waals surface area contributed by atoms with E-state index in [1.165, 1.54) is 0 Å². The molecule has 2 aromatic rings. The van der Waals surface area contributed by atoms with Gasteiger partial charge in [-0.1, -0.05) is 30.3 Å². The molecule has 21 heavy (non-hydrogen) atoms. The van der Waals surface area contributed by atoms with E-state index in [2.05, 4.69) is 4.72 Å². The maximum atomic E-state index is 12.1. The summed E-state index contributed by atoms with van der Waals surface area (Å²) in [4.78, 5) is 0.282. The summed E-state index contributed by atoms with van der Waals surface area (Å²) in [6.45, 7) is 2.14. The van der Waals surface area contributed by atoms with Crippen LogP contribution in [0.3, 0.4) is 0 Å². The molecule has 0 amide bonds. The number of ether oxygens (including phenoxy) is 1. The van der Waals surface area contributed by atoms with Crippen molar-refractivity contribution in [3.63, 3.8) is 0 Å². The van der Waals surface area contributed by atoms with Gasteiger partial charge in [0.25, 0.3) is 0 Å². The van der Waals surface area contributed by atoms with E-state index < -0.39 is 10.0 Å². The Hall–Kier alpha value is -2.05. The fourth-order valence-electron chi connectivity index (χ4n) is 1.88. The van der Waals surface area contributed by atoms with Crippen molar-refractivity contribution in [1.82, 2.24) is 4.72 Å². The summed E-state index contributed by atoms with van der Waals surface area (Å²) in [6, 6.07) is 13.9. The van der Waals surface area contributed by atoms with Crippen LogP contribution in [-0.2, 0) is 10.0 Å². The van der Waals surface area contributed by atoms with Gasteiger partial charge in [0.05, 0.1) is 10.6 Å². The van der Waals surface area contributed by atoms with Crippen molar-refractivity contribution in [2.24, 2.45) is 0 Å². The Morgan fingerprint density at radius 1 is 1.10 bits per heavy atom. The third-order valence-corrected chi connectivity index (χ3v) is 4.58. The van der Waals surface area contributed by atoms with Gasteiger partial charge in [-0.05, 0) is 30.7 Å². The van der Waals surface area contributed by atoms with E-state index in [-0.39, 0.29) is 18.0 Å². The third-order valence-electron chi connectivity index (χ3n) is 2.95. The first-order valence-electron chi connectivity index (χ1n) is 6.53. The molecule has 3 N–H and O–H groups in total. The molecule has 2 aromatic carbocycles. The second kappa shape index (κ2) is 6.60. The summed E-state index contributed by atoms with van der Waals surface area (Å²) >= 11 is 0. The molecule has 0 saturated heterocycles. The van der Waals surface area contributed by atoms with E-state index in [1.807, 2.05) is 12.1 Å². The van der Waals surface area contributed by atoms with Gasteiger partial charge < -0.3 is 10.5 Å². The molecule has 0 bridgehead atoms. The van der Waals surface area contributed by atoms with E-state index in [0.29, 0.717) is 17.0 Å². The molecule has 0 aliphatic rings. The van der Waals surface area contributed by atoms with E-state index >= 15 is 0 Å². The van der Waals surface area contributed by atoms with Gasteiger partial charge in [0, 0.05) is 6.54 Å². The number of nitrogens with one attached hydrogen (secondary N) is 1. The molecule has 0 heterocycles. The van der Waals surface area contributed by atoms with Gasteiger partial charge in [-0.3, -0.25) is 0 Å². The number of hydrogen-bond donors (Lipinski definition) is 2. The molecule has 0 aromatic heterocycles. The number of rotatable bonds is 6. The van der Waals surface area contributed by atoms with Crippen LogP contribution >= 0.6 is 0 Å². The van der Waals surface area contributed by atoms with Gasteiger partial charge in [-0.25, -0.2) is 13.1 Å². The highest BCUT2D eigenvalue weighted by atomic mass is 32.2. The number of para-hydroxylation sites is 2. The van der Waals surface area contributed by atoms with Crippen molar-refractivity contribution >= 4 is 15.7 Å². The molecular weight excluding hydrogens is 288 g/mol. The molecule has 5 nitrogen and oxygen atoms in total. The second-order valence-electron chi connectivity index (χ2n) is 4.55. The van der Waals surface area contributed by atoms with E-state index in [9.17, 15) is 8.42 Å². The van der Waals surface area contributed by atoms with Crippen molar-refractivity contribution < 1.29 is 13.2 Å². The fourth-order valence-corrected chi connectivity index (χ4v) is 3.14. The topological polar surface area (TPSA) is 81.4 Å². The van der Waals surface area contributed by atoms with Crippen molar-refractivity contribution in [3.8, 4) is 5.75 Å². The van der Waals surface area contributed by atoms with Gasteiger partial charge in [0.1, 0.15) is 12.4 Å². The zero-order valence-electron chi connectivity index (χ0n) is 11.7. The molecule has 0 fully saturated rings. The first kappa shape index (κ1) is 15.3. The third kappa shape index (κ3) is 3.96. The standard InChI is InChI=1S/C15H18N2O3S/c1-12-6-2-5-9-15(12)21(18,19)17-10-11-20-14-8-4-3-7-13(14)16/h2-9,17H,10-11,16H2,1H3. The Morgan fingerprint density at radius 3 is 2.48 bits per heavy atom. The monoisotopic (exact) mass is 306 g/mol. The van der Waals surface area contributed by atoms with Crippen LogP contribution in [0, 0.1) is 6.92 Å². The highest BCUT2D eigenvalue weighted by Crippen LogP contribution is 2.19. The van der Waals surface area contributed by atoms with Crippen LogP contribution in [0.2, 0.25) is 0 Å². The molecule has 0 radical (unpaired) electrons. The van der Waals surface area contributed by atoms with Crippen LogP contribution in [0.25, 0.3) is 0 Å². The number of aryl methyl sites for hydroxylation is 1. The Balaban J connectivity index is 1.92. The van der Waals surface area contributed by atoms with E-state index in [0.717, 1.165) is 0 Å². The van der Waals surface area contributed by atoms with Crippen LogP contribution in [-0.4, -0.2) is 21.6 Å². The molecular formula is C15H18N2O3S. The van der Waals surface area contributed by atoms with Crippen LogP contribution in [0.5, 0.6) is 5.75 Å². The summed E-state index contributed by atoms with van der Waals surface area (Å²) in [5.74, 6) is 0.549. The highest BCUT2D eigenvalue weighted by Gasteiger charge is 2.15. The van der Waals surface area contributed by atoms with Gasteiger partial charge in [0.2, 0.25) is 10.0 Å². The van der Waals surface area contributed by atoms with Crippen molar-refractivity contribution in [3.05, 3.63) is 54.1 Å². The minimum atomic E-state index is -3.52. The normalized spacial score (nSPS) is 11.3. The molecule has 2 rings (SSSR count). The molecule has 0 saturated carbocycles. The molecule has 0 aliphatic heterocycles. The van der Waals surface area contributed by atoms with Gasteiger partial charge in [-0.15, -0.1) is 0 Å². The minimum absolute atomic E-state index is 0.172. The first-order chi connectivity index (χ1) is 10.0. The van der Waals surface area contributed by atoms with Crippen LogP contribution in [0.1, 0.15) is 5.56 Å². The maximum absolute atomic E-state index is 12.1. The number of sulfonamides is 1. The largest absolute Gasteiger partial charge is 0.490 e. The average Bonchev–Trinajstić information content (AvgIpc) is 2.45. The molecule has 6 heteroatoms. The zero-order chi connectivity index (χ0) is 15.3. The summed E-state index contributed by atoms with van der Waals surface area (Å²) < 4.78 is 32.2. The lowest BCUT2D eigenvalue weighted by Gasteiger charge is -2.11. The summed E-state index contributed by atoms with van der Waals surface area (Å²) in [7, 11) is -3.52. The SMILES string of the molecule is Cc1ccccc1S(=O)(=O)NCCOc1ccccc1N. The Bertz CT molecular complexity index is 714. The van der Waals surface area contributed by atoms with Crippen molar-refractivity contribution in [2.75, 3.05) is 18.9 Å². The zero-order valence-corrected chi connectivity index (χ0v) is 12.6. The molecule has 0 aliphatic carbocycles. The average molecular weight is 306 g/mol. The van der Waals surface area contributed by atoms with Gasteiger partial charge >= 0.3 is 0 Å². The highest BCUT2D eigenvalue weighted by molar-refractivity contribution is 7.89. The van der Waals surface area contributed by atoms with Crippen LogP contribution in [0.4, 0.5) is 5.69 Å². The van der Waals surface area contributed by atoms with Crippen LogP contribution in [0.15, 0.2) is 53.4 Å². The number of anilines is 1. The summed E-state index contributed by atoms with van der Waals surface area (Å²) in [5.41, 5.74) is 6.97. The molecule has 0 unspecified atom stereocenters. The summed E-state index contributed by atoms with van der Waals surface area (Å²) in [5, 5.41) is 0. The fraction of sp³-hybridized carbons (Fsp3) is 0.200. The molecule has 0 spiro atoms. The lowest BCUT2D eigenvalue weighted by atomic mass is 10.2. The predicted molar refractivity (Wildman–Crippen MR) is 82.7 cm³/mol. The minimum Gasteiger partial charge on any atom is -0.490 e. The number of nitrogen functional groups attached to an aromatic ring is 1. The quantitative estimate of drug-likeness (QED) is 0.631. The van der Waals surface area contributed by atoms with Crippen molar-refractivity contribution in [1.29, 1.82) is 0 Å². The predicted octanol–water partition coefficient (Wildman–Crippen LogP) is 1.93. The van der Waals surface area contributed by atoms with Gasteiger partial charge in [-0.2, -0.15) is 0 Å². The lowest BCUT2D eigenvalue weighted by Crippen LogP contribution is -2.28. The number of hydrogen-bond acceptors (Lipinski definition) is 4. The smallest absolute Gasteiger partial charge is 0.240 e. The number of benzene rings is 2. The molecule has 112 valence electrons. The van der Waals surface area contributed by atoms with Crippen LogP contribution < -0.4 is 15.2 Å². The van der Waals surface area contributed by atoms with E-state index in [4.69, 9.17) is 10.5 Å². The Morgan fingerprint density at radius 2 is 1.76 bits per heavy atom. The lowest BCUT2D eigenvalue weighted by molar-refractivity contribution is 0.324. The molecule has 0 atom stereocenters. The maximum Gasteiger partial charge on any atom is 0.240 e.